The molecule has 0 radical (unpaired) electrons. The highest BCUT2D eigenvalue weighted by Crippen LogP contribution is 2.34. The van der Waals surface area contributed by atoms with Crippen LogP contribution in [0.5, 0.6) is 0 Å². The van der Waals surface area contributed by atoms with Crippen LogP contribution in [0.3, 0.4) is 0 Å². The Morgan fingerprint density at radius 2 is 2.16 bits per heavy atom. The van der Waals surface area contributed by atoms with Crippen molar-refractivity contribution in [2.24, 2.45) is 5.92 Å². The molecular formula is C15H19N3O. The lowest BCUT2D eigenvalue weighted by Crippen LogP contribution is -2.28. The molecule has 1 aromatic heterocycles. The summed E-state index contributed by atoms with van der Waals surface area (Å²) in [5, 5.41) is 4.59. The molecule has 0 bridgehead atoms. The lowest BCUT2D eigenvalue weighted by Gasteiger charge is -2.20. The van der Waals surface area contributed by atoms with Crippen molar-refractivity contribution in [3.05, 3.63) is 11.8 Å². The van der Waals surface area contributed by atoms with Gasteiger partial charge in [-0.3, -0.25) is 9.69 Å². The molecule has 0 aromatic carbocycles. The van der Waals surface area contributed by atoms with Crippen LogP contribution < -0.4 is 4.90 Å². The smallest absolute Gasteiger partial charge is 0.229 e. The Bertz CT molecular complexity index is 534. The second-order valence-corrected chi connectivity index (χ2v) is 5.60. The summed E-state index contributed by atoms with van der Waals surface area (Å²) in [5.74, 6) is 3.80. The molecule has 4 nitrogen and oxygen atoms in total. The van der Waals surface area contributed by atoms with Gasteiger partial charge in [0.1, 0.15) is 5.82 Å². The van der Waals surface area contributed by atoms with E-state index in [9.17, 15) is 4.79 Å². The number of rotatable bonds is 2. The van der Waals surface area contributed by atoms with Gasteiger partial charge in [-0.2, -0.15) is 5.10 Å². The SMILES string of the molecule is C#CC1CC(=O)N(c2cc(C)nn2C2CCCC2)C1. The Morgan fingerprint density at radius 3 is 2.79 bits per heavy atom. The summed E-state index contributed by atoms with van der Waals surface area (Å²) in [6, 6.07) is 2.45. The van der Waals surface area contributed by atoms with Crippen LogP contribution >= 0.6 is 0 Å². The third-order valence-electron chi connectivity index (χ3n) is 4.15. The highest BCUT2D eigenvalue weighted by atomic mass is 16.2. The Hall–Kier alpha value is -1.76. The van der Waals surface area contributed by atoms with E-state index in [-0.39, 0.29) is 11.8 Å². The largest absolute Gasteiger partial charge is 0.296 e. The summed E-state index contributed by atoms with van der Waals surface area (Å²) < 4.78 is 2.05. The van der Waals surface area contributed by atoms with Crippen molar-refractivity contribution in [3.8, 4) is 12.3 Å². The van der Waals surface area contributed by atoms with Crippen LogP contribution in [0.4, 0.5) is 5.82 Å². The number of terminal acetylenes is 1. The molecule has 100 valence electrons. The van der Waals surface area contributed by atoms with Gasteiger partial charge in [-0.15, -0.1) is 12.3 Å². The quantitative estimate of drug-likeness (QED) is 0.762. The molecule has 0 N–H and O–H groups in total. The predicted molar refractivity (Wildman–Crippen MR) is 73.8 cm³/mol. The van der Waals surface area contributed by atoms with Gasteiger partial charge in [-0.05, 0) is 19.8 Å². The number of aromatic nitrogens is 2. The molecule has 19 heavy (non-hydrogen) atoms. The maximum atomic E-state index is 12.1. The number of hydrogen-bond acceptors (Lipinski definition) is 2. The summed E-state index contributed by atoms with van der Waals surface area (Å²) in [6.07, 6.45) is 10.7. The average molecular weight is 257 g/mol. The fraction of sp³-hybridized carbons (Fsp3) is 0.600. The number of nitrogens with zero attached hydrogens (tertiary/aromatic N) is 3. The van der Waals surface area contributed by atoms with Crippen molar-refractivity contribution in [2.45, 2.75) is 45.1 Å². The van der Waals surface area contributed by atoms with E-state index in [0.717, 1.165) is 24.4 Å². The van der Waals surface area contributed by atoms with Crippen molar-refractivity contribution in [1.29, 1.82) is 0 Å². The Kier molecular flexibility index (Phi) is 3.06. The van der Waals surface area contributed by atoms with E-state index in [1.807, 2.05) is 17.9 Å². The number of aryl methyl sites for hydroxylation is 1. The van der Waals surface area contributed by atoms with Gasteiger partial charge >= 0.3 is 0 Å². The molecular weight excluding hydrogens is 238 g/mol. The van der Waals surface area contributed by atoms with Gasteiger partial charge in [-0.1, -0.05) is 12.8 Å². The van der Waals surface area contributed by atoms with Gasteiger partial charge in [0.2, 0.25) is 5.91 Å². The van der Waals surface area contributed by atoms with Crippen LogP contribution in [0, 0.1) is 25.2 Å². The lowest BCUT2D eigenvalue weighted by molar-refractivity contribution is -0.117. The molecule has 1 atom stereocenters. The summed E-state index contributed by atoms with van der Waals surface area (Å²) >= 11 is 0. The molecule has 4 heteroatoms. The maximum Gasteiger partial charge on any atom is 0.229 e. The molecule has 1 aromatic rings. The minimum absolute atomic E-state index is 0.0414. The van der Waals surface area contributed by atoms with E-state index in [4.69, 9.17) is 6.42 Å². The van der Waals surface area contributed by atoms with Crippen molar-refractivity contribution < 1.29 is 4.79 Å². The van der Waals surface area contributed by atoms with E-state index < -0.39 is 0 Å². The Morgan fingerprint density at radius 1 is 1.42 bits per heavy atom. The summed E-state index contributed by atoms with van der Waals surface area (Å²) in [6.45, 7) is 2.61. The zero-order chi connectivity index (χ0) is 13.4. The van der Waals surface area contributed by atoms with E-state index in [1.54, 1.807) is 0 Å². The van der Waals surface area contributed by atoms with Crippen LogP contribution in [-0.2, 0) is 4.79 Å². The van der Waals surface area contributed by atoms with Gasteiger partial charge in [0.25, 0.3) is 0 Å². The minimum Gasteiger partial charge on any atom is -0.296 e. The van der Waals surface area contributed by atoms with Gasteiger partial charge in [0, 0.05) is 24.9 Å². The average Bonchev–Trinajstić information content (AvgIpc) is 3.07. The number of carbonyl (C=O) groups excluding carboxylic acids is 1. The fourth-order valence-corrected chi connectivity index (χ4v) is 3.16. The van der Waals surface area contributed by atoms with Crippen molar-refractivity contribution in [2.75, 3.05) is 11.4 Å². The molecule has 1 unspecified atom stereocenters. The topological polar surface area (TPSA) is 38.1 Å². The number of hydrogen-bond donors (Lipinski definition) is 0. The Labute approximate surface area is 113 Å². The number of carbonyl (C=O) groups is 1. The first-order valence-electron chi connectivity index (χ1n) is 7.01. The molecule has 1 amide bonds. The summed E-state index contributed by atoms with van der Waals surface area (Å²) in [4.78, 5) is 13.9. The van der Waals surface area contributed by atoms with Crippen LogP contribution in [-0.4, -0.2) is 22.2 Å². The third kappa shape index (κ3) is 2.14. The molecule has 1 saturated carbocycles. The summed E-state index contributed by atoms with van der Waals surface area (Å²) in [7, 11) is 0. The monoisotopic (exact) mass is 257 g/mol. The second-order valence-electron chi connectivity index (χ2n) is 5.60. The van der Waals surface area contributed by atoms with Crippen molar-refractivity contribution in [1.82, 2.24) is 9.78 Å². The molecule has 1 aliphatic heterocycles. The first-order valence-corrected chi connectivity index (χ1v) is 7.01. The molecule has 2 fully saturated rings. The standard InChI is InChI=1S/C15H19N3O/c1-3-12-9-15(19)17(10-12)14-8-11(2)16-18(14)13-6-4-5-7-13/h1,8,12-13H,4-7,9-10H2,2H3. The van der Waals surface area contributed by atoms with Crippen LogP contribution in [0.25, 0.3) is 0 Å². The Balaban J connectivity index is 1.92. The van der Waals surface area contributed by atoms with Gasteiger partial charge in [0.05, 0.1) is 11.7 Å². The minimum atomic E-state index is 0.0414. The molecule has 1 saturated heterocycles. The van der Waals surface area contributed by atoms with E-state index in [2.05, 4.69) is 15.7 Å². The third-order valence-corrected chi connectivity index (χ3v) is 4.15. The van der Waals surface area contributed by atoms with E-state index >= 15 is 0 Å². The first-order chi connectivity index (χ1) is 9.19. The zero-order valence-electron chi connectivity index (χ0n) is 11.3. The van der Waals surface area contributed by atoms with Crippen LogP contribution in [0.1, 0.15) is 43.8 Å². The lowest BCUT2D eigenvalue weighted by atomic mass is 10.1. The highest BCUT2D eigenvalue weighted by Gasteiger charge is 2.33. The summed E-state index contributed by atoms with van der Waals surface area (Å²) in [5.41, 5.74) is 0.971. The molecule has 1 aliphatic carbocycles. The molecule has 3 rings (SSSR count). The number of amides is 1. The van der Waals surface area contributed by atoms with Crippen molar-refractivity contribution >= 4 is 11.7 Å². The number of anilines is 1. The first kappa shape index (κ1) is 12.3. The second kappa shape index (κ2) is 4.73. The zero-order valence-corrected chi connectivity index (χ0v) is 11.3. The van der Waals surface area contributed by atoms with Crippen LogP contribution in [0.2, 0.25) is 0 Å². The van der Waals surface area contributed by atoms with E-state index in [1.165, 1.54) is 12.8 Å². The molecule has 2 aliphatic rings. The van der Waals surface area contributed by atoms with Gasteiger partial charge in [0.15, 0.2) is 0 Å². The predicted octanol–water partition coefficient (Wildman–Crippen LogP) is 2.29. The van der Waals surface area contributed by atoms with Crippen LogP contribution in [0.15, 0.2) is 6.07 Å². The van der Waals surface area contributed by atoms with Crippen molar-refractivity contribution in [3.63, 3.8) is 0 Å². The van der Waals surface area contributed by atoms with E-state index in [0.29, 0.717) is 19.0 Å². The normalized spacial score (nSPS) is 24.1. The maximum absolute atomic E-state index is 12.1. The molecule has 0 spiro atoms. The highest BCUT2D eigenvalue weighted by molar-refractivity contribution is 5.95. The van der Waals surface area contributed by atoms with Gasteiger partial charge < -0.3 is 0 Å². The molecule has 2 heterocycles. The van der Waals surface area contributed by atoms with Gasteiger partial charge in [-0.25, -0.2) is 4.68 Å². The fourth-order valence-electron chi connectivity index (χ4n) is 3.16.